The lowest BCUT2D eigenvalue weighted by Crippen LogP contribution is -2.11. The lowest BCUT2D eigenvalue weighted by molar-refractivity contribution is 0.0696. The van der Waals surface area contributed by atoms with Crippen LogP contribution in [0.2, 0.25) is 0 Å². The molecule has 3 N–H and O–H groups in total. The smallest absolute Gasteiger partial charge is 0.335 e. The number of aromatic carboxylic acids is 1. The van der Waals surface area contributed by atoms with Gasteiger partial charge in [-0.25, -0.2) is 14.5 Å². The van der Waals surface area contributed by atoms with E-state index in [2.05, 4.69) is 10.1 Å². The number of hydrogen-bond acceptors (Lipinski definition) is 5. The topological polar surface area (TPSA) is 103 Å². The SMILES string of the molecule is CC(C)n1ncnc1COc1cc(C(=O)O)ccc1N. The molecule has 0 saturated carbocycles. The molecule has 2 rings (SSSR count). The summed E-state index contributed by atoms with van der Waals surface area (Å²) in [6.07, 6.45) is 1.45. The minimum atomic E-state index is -1.03. The Balaban J connectivity index is 2.16. The minimum absolute atomic E-state index is 0.125. The van der Waals surface area contributed by atoms with E-state index in [1.54, 1.807) is 4.68 Å². The first-order chi connectivity index (χ1) is 9.49. The van der Waals surface area contributed by atoms with Crippen LogP contribution in [0.15, 0.2) is 24.5 Å². The van der Waals surface area contributed by atoms with Crippen molar-refractivity contribution in [3.8, 4) is 5.75 Å². The van der Waals surface area contributed by atoms with Crippen LogP contribution in [0.5, 0.6) is 5.75 Å². The molecule has 0 spiro atoms. The van der Waals surface area contributed by atoms with E-state index in [4.69, 9.17) is 15.6 Å². The summed E-state index contributed by atoms with van der Waals surface area (Å²) < 4.78 is 7.28. The van der Waals surface area contributed by atoms with E-state index in [0.717, 1.165) is 0 Å². The minimum Gasteiger partial charge on any atom is -0.483 e. The summed E-state index contributed by atoms with van der Waals surface area (Å²) in [6.45, 7) is 4.14. The van der Waals surface area contributed by atoms with Gasteiger partial charge in [0.2, 0.25) is 0 Å². The predicted molar refractivity (Wildman–Crippen MR) is 72.6 cm³/mol. The molecule has 0 aliphatic heterocycles. The van der Waals surface area contributed by atoms with Crippen LogP contribution in [0.1, 0.15) is 36.1 Å². The number of carboxylic acid groups (broad SMARTS) is 1. The van der Waals surface area contributed by atoms with Crippen molar-refractivity contribution in [1.29, 1.82) is 0 Å². The summed E-state index contributed by atoms with van der Waals surface area (Å²) in [5, 5.41) is 13.0. The predicted octanol–water partition coefficient (Wildman–Crippen LogP) is 1.72. The summed E-state index contributed by atoms with van der Waals surface area (Å²) in [6, 6.07) is 4.50. The van der Waals surface area contributed by atoms with Crippen molar-refractivity contribution in [2.45, 2.75) is 26.5 Å². The molecule has 0 bridgehead atoms. The first-order valence-corrected chi connectivity index (χ1v) is 6.13. The zero-order chi connectivity index (χ0) is 14.7. The average Bonchev–Trinajstić information content (AvgIpc) is 2.86. The van der Waals surface area contributed by atoms with Crippen LogP contribution in [-0.2, 0) is 6.61 Å². The molecule has 1 heterocycles. The Hall–Kier alpha value is -2.57. The molecule has 7 heteroatoms. The molecule has 0 unspecified atom stereocenters. The molecule has 0 aliphatic rings. The van der Waals surface area contributed by atoms with Gasteiger partial charge in [-0.15, -0.1) is 0 Å². The Bertz CT molecular complexity index is 622. The highest BCUT2D eigenvalue weighted by Gasteiger charge is 2.11. The standard InChI is InChI=1S/C13H16N4O3/c1-8(2)17-12(15-7-16-17)6-20-11-5-9(13(18)19)3-4-10(11)14/h3-5,7-8H,6,14H2,1-2H3,(H,18,19). The van der Waals surface area contributed by atoms with Gasteiger partial charge < -0.3 is 15.6 Å². The molecule has 7 nitrogen and oxygen atoms in total. The maximum absolute atomic E-state index is 10.9. The quantitative estimate of drug-likeness (QED) is 0.806. The molecule has 0 radical (unpaired) electrons. The van der Waals surface area contributed by atoms with Gasteiger partial charge in [0.25, 0.3) is 0 Å². The average molecular weight is 276 g/mol. The number of nitrogen functional groups attached to an aromatic ring is 1. The Morgan fingerprint density at radius 1 is 1.50 bits per heavy atom. The van der Waals surface area contributed by atoms with Crippen LogP contribution in [0.3, 0.4) is 0 Å². The monoisotopic (exact) mass is 276 g/mol. The third kappa shape index (κ3) is 2.87. The fourth-order valence-electron chi connectivity index (χ4n) is 1.74. The fourth-order valence-corrected chi connectivity index (χ4v) is 1.74. The third-order valence-corrected chi connectivity index (χ3v) is 2.75. The maximum atomic E-state index is 10.9. The van der Waals surface area contributed by atoms with Crippen LogP contribution in [0.25, 0.3) is 0 Å². The highest BCUT2D eigenvalue weighted by molar-refractivity contribution is 5.89. The van der Waals surface area contributed by atoms with Gasteiger partial charge in [-0.1, -0.05) is 0 Å². The summed E-state index contributed by atoms with van der Waals surface area (Å²) in [5.41, 5.74) is 6.27. The van der Waals surface area contributed by atoms with E-state index in [9.17, 15) is 4.79 Å². The van der Waals surface area contributed by atoms with Crippen LogP contribution in [0, 0.1) is 0 Å². The lowest BCUT2D eigenvalue weighted by Gasteiger charge is -2.12. The van der Waals surface area contributed by atoms with Crippen molar-refractivity contribution < 1.29 is 14.6 Å². The molecule has 0 amide bonds. The van der Waals surface area contributed by atoms with Crippen LogP contribution < -0.4 is 10.5 Å². The molecule has 1 aromatic heterocycles. The molecule has 2 aromatic rings. The zero-order valence-electron chi connectivity index (χ0n) is 11.3. The summed E-state index contributed by atoms with van der Waals surface area (Å²) in [4.78, 5) is 15.0. The number of nitrogens with zero attached hydrogens (tertiary/aromatic N) is 3. The fraction of sp³-hybridized carbons (Fsp3) is 0.308. The van der Waals surface area contributed by atoms with E-state index in [0.29, 0.717) is 17.3 Å². The number of anilines is 1. The second-order valence-corrected chi connectivity index (χ2v) is 4.56. The van der Waals surface area contributed by atoms with E-state index < -0.39 is 5.97 Å². The van der Waals surface area contributed by atoms with E-state index in [1.807, 2.05) is 13.8 Å². The number of carbonyl (C=O) groups is 1. The van der Waals surface area contributed by atoms with Crippen molar-refractivity contribution in [1.82, 2.24) is 14.8 Å². The van der Waals surface area contributed by atoms with Crippen LogP contribution >= 0.6 is 0 Å². The molecule has 0 saturated heterocycles. The molecular formula is C13H16N4O3. The van der Waals surface area contributed by atoms with E-state index in [-0.39, 0.29) is 18.2 Å². The number of nitrogens with two attached hydrogens (primary N) is 1. The Labute approximate surface area is 116 Å². The van der Waals surface area contributed by atoms with Crippen LogP contribution in [-0.4, -0.2) is 25.8 Å². The van der Waals surface area contributed by atoms with Crippen molar-refractivity contribution in [3.63, 3.8) is 0 Å². The lowest BCUT2D eigenvalue weighted by atomic mass is 10.2. The van der Waals surface area contributed by atoms with Gasteiger partial charge in [-0.2, -0.15) is 5.10 Å². The number of rotatable bonds is 5. The zero-order valence-corrected chi connectivity index (χ0v) is 11.3. The number of ether oxygens (including phenoxy) is 1. The van der Waals surface area contributed by atoms with Gasteiger partial charge in [-0.3, -0.25) is 0 Å². The number of hydrogen-bond donors (Lipinski definition) is 2. The highest BCUT2D eigenvalue weighted by Crippen LogP contribution is 2.23. The van der Waals surface area contributed by atoms with Gasteiger partial charge in [-0.05, 0) is 32.0 Å². The largest absolute Gasteiger partial charge is 0.483 e. The van der Waals surface area contributed by atoms with Crippen molar-refractivity contribution in [2.24, 2.45) is 0 Å². The molecule has 20 heavy (non-hydrogen) atoms. The van der Waals surface area contributed by atoms with Gasteiger partial charge in [0.05, 0.1) is 11.3 Å². The Morgan fingerprint density at radius 2 is 2.25 bits per heavy atom. The molecular weight excluding hydrogens is 260 g/mol. The molecule has 0 fully saturated rings. The second kappa shape index (κ2) is 5.60. The highest BCUT2D eigenvalue weighted by atomic mass is 16.5. The molecule has 0 atom stereocenters. The number of aromatic nitrogens is 3. The summed E-state index contributed by atoms with van der Waals surface area (Å²) in [5.74, 6) is -0.0523. The number of benzene rings is 1. The maximum Gasteiger partial charge on any atom is 0.335 e. The summed E-state index contributed by atoms with van der Waals surface area (Å²) >= 11 is 0. The first kappa shape index (κ1) is 13.9. The van der Waals surface area contributed by atoms with E-state index in [1.165, 1.54) is 24.5 Å². The van der Waals surface area contributed by atoms with Gasteiger partial charge in [0.1, 0.15) is 18.7 Å². The van der Waals surface area contributed by atoms with E-state index >= 15 is 0 Å². The van der Waals surface area contributed by atoms with Gasteiger partial charge in [0.15, 0.2) is 5.82 Å². The number of carboxylic acids is 1. The first-order valence-electron chi connectivity index (χ1n) is 6.13. The van der Waals surface area contributed by atoms with Gasteiger partial charge in [0, 0.05) is 6.04 Å². The van der Waals surface area contributed by atoms with Crippen molar-refractivity contribution >= 4 is 11.7 Å². The molecule has 0 aliphatic carbocycles. The molecule has 106 valence electrons. The Kier molecular flexibility index (Phi) is 3.88. The third-order valence-electron chi connectivity index (χ3n) is 2.75. The van der Waals surface area contributed by atoms with Gasteiger partial charge >= 0.3 is 5.97 Å². The summed E-state index contributed by atoms with van der Waals surface area (Å²) in [7, 11) is 0. The van der Waals surface area contributed by atoms with Crippen molar-refractivity contribution in [2.75, 3.05) is 5.73 Å². The normalized spacial score (nSPS) is 10.8. The second-order valence-electron chi connectivity index (χ2n) is 4.56. The van der Waals surface area contributed by atoms with Crippen molar-refractivity contribution in [3.05, 3.63) is 35.9 Å². The van der Waals surface area contributed by atoms with Crippen LogP contribution in [0.4, 0.5) is 5.69 Å². The Morgan fingerprint density at radius 3 is 2.90 bits per heavy atom. The molecule has 1 aromatic carbocycles.